The fourth-order valence-electron chi connectivity index (χ4n) is 4.46. The Balaban J connectivity index is 0.000000286. The van der Waals surface area contributed by atoms with Crippen LogP contribution in [-0.4, -0.2) is 60.2 Å². The molecular formula is C29H35FN4O2. The van der Waals surface area contributed by atoms with Crippen molar-refractivity contribution in [1.29, 1.82) is 0 Å². The number of H-pyrrole nitrogens is 1. The number of hydrogen-bond donors (Lipinski definition) is 1. The summed E-state index contributed by atoms with van der Waals surface area (Å²) < 4.78 is 24.4. The molecule has 1 saturated heterocycles. The summed E-state index contributed by atoms with van der Waals surface area (Å²) in [6.07, 6.45) is 1.06. The van der Waals surface area contributed by atoms with Gasteiger partial charge in [-0.3, -0.25) is 9.80 Å². The number of benzene rings is 3. The van der Waals surface area contributed by atoms with Gasteiger partial charge in [0.2, 0.25) is 0 Å². The summed E-state index contributed by atoms with van der Waals surface area (Å²) in [6, 6.07) is 21.0. The first kappa shape index (κ1) is 25.7. The molecular weight excluding hydrogens is 455 g/mol. The zero-order chi connectivity index (χ0) is 25.3. The summed E-state index contributed by atoms with van der Waals surface area (Å²) in [6.45, 7) is 7.30. The Morgan fingerprint density at radius 1 is 0.861 bits per heavy atom. The van der Waals surface area contributed by atoms with Gasteiger partial charge in [0, 0.05) is 25.2 Å². The number of ether oxygens (including phenoxy) is 2. The Morgan fingerprint density at radius 2 is 1.58 bits per heavy atom. The zero-order valence-corrected chi connectivity index (χ0v) is 21.3. The molecule has 0 radical (unpaired) electrons. The van der Waals surface area contributed by atoms with Gasteiger partial charge < -0.3 is 14.5 Å². The highest BCUT2D eigenvalue weighted by atomic mass is 19.1. The number of imidazole rings is 1. The fourth-order valence-corrected chi connectivity index (χ4v) is 4.46. The molecule has 0 spiro atoms. The van der Waals surface area contributed by atoms with E-state index in [-0.39, 0.29) is 5.82 Å². The van der Waals surface area contributed by atoms with Crippen LogP contribution in [-0.2, 0) is 13.1 Å². The molecule has 0 atom stereocenters. The van der Waals surface area contributed by atoms with E-state index in [0.717, 1.165) is 61.8 Å². The first-order valence-corrected chi connectivity index (χ1v) is 12.4. The predicted octanol–water partition coefficient (Wildman–Crippen LogP) is 5.42. The normalized spacial score (nSPS) is 14.7. The van der Waals surface area contributed by atoms with Crippen LogP contribution >= 0.6 is 0 Å². The second-order valence-electron chi connectivity index (χ2n) is 9.03. The Hall–Kier alpha value is -3.42. The lowest BCUT2D eigenvalue weighted by Gasteiger charge is -2.21. The molecule has 1 aromatic heterocycles. The second kappa shape index (κ2) is 12.5. The largest absolute Gasteiger partial charge is 0.497 e. The molecule has 7 heteroatoms. The summed E-state index contributed by atoms with van der Waals surface area (Å²) in [5, 5.41) is 0. The summed E-state index contributed by atoms with van der Waals surface area (Å²) >= 11 is 0. The Labute approximate surface area is 212 Å². The number of hydrogen-bond acceptors (Lipinski definition) is 5. The van der Waals surface area contributed by atoms with Crippen LogP contribution in [0.2, 0.25) is 0 Å². The molecule has 0 bridgehead atoms. The van der Waals surface area contributed by atoms with Crippen molar-refractivity contribution in [1.82, 2.24) is 19.8 Å². The number of aromatic nitrogens is 2. The lowest BCUT2D eigenvalue weighted by Crippen LogP contribution is -2.30. The van der Waals surface area contributed by atoms with Gasteiger partial charge in [-0.1, -0.05) is 30.3 Å². The molecule has 2 heterocycles. The highest BCUT2D eigenvalue weighted by Gasteiger charge is 2.18. The van der Waals surface area contributed by atoms with E-state index in [0.29, 0.717) is 17.9 Å². The minimum atomic E-state index is -0.167. The maximum absolute atomic E-state index is 14.1. The van der Waals surface area contributed by atoms with Crippen LogP contribution in [0.4, 0.5) is 4.39 Å². The summed E-state index contributed by atoms with van der Waals surface area (Å²) in [4.78, 5) is 12.8. The molecule has 4 aromatic rings. The highest BCUT2D eigenvalue weighted by molar-refractivity contribution is 5.74. The molecule has 3 aromatic carbocycles. The van der Waals surface area contributed by atoms with E-state index in [2.05, 4.69) is 25.8 Å². The minimum absolute atomic E-state index is 0.167. The molecule has 0 unspecified atom stereocenters. The van der Waals surface area contributed by atoms with Gasteiger partial charge in [0.05, 0.1) is 31.8 Å². The van der Waals surface area contributed by atoms with E-state index >= 15 is 0 Å². The molecule has 1 aliphatic rings. The maximum Gasteiger partial charge on any atom is 0.127 e. The second-order valence-corrected chi connectivity index (χ2v) is 9.03. The van der Waals surface area contributed by atoms with Crippen LogP contribution < -0.4 is 9.47 Å². The van der Waals surface area contributed by atoms with Crippen molar-refractivity contribution in [3.8, 4) is 11.5 Å². The molecule has 0 amide bonds. The van der Waals surface area contributed by atoms with Crippen LogP contribution in [0.15, 0.2) is 66.7 Å². The number of nitrogens with one attached hydrogen (secondary N) is 1. The third-order valence-electron chi connectivity index (χ3n) is 6.45. The van der Waals surface area contributed by atoms with E-state index < -0.39 is 0 Å². The van der Waals surface area contributed by atoms with E-state index in [4.69, 9.17) is 9.47 Å². The average Bonchev–Trinajstić information content (AvgIpc) is 3.18. The van der Waals surface area contributed by atoms with E-state index in [1.54, 1.807) is 26.4 Å². The molecule has 190 valence electrons. The van der Waals surface area contributed by atoms with Crippen molar-refractivity contribution in [2.24, 2.45) is 0 Å². The molecule has 5 rings (SSSR count). The topological polar surface area (TPSA) is 53.6 Å². The third-order valence-corrected chi connectivity index (χ3v) is 6.45. The van der Waals surface area contributed by atoms with Crippen molar-refractivity contribution >= 4 is 11.0 Å². The summed E-state index contributed by atoms with van der Waals surface area (Å²) in [7, 11) is 3.29. The van der Waals surface area contributed by atoms with Gasteiger partial charge in [0.15, 0.2) is 0 Å². The lowest BCUT2D eigenvalue weighted by atomic mass is 10.2. The number of aromatic amines is 1. The van der Waals surface area contributed by atoms with Gasteiger partial charge in [0.25, 0.3) is 0 Å². The summed E-state index contributed by atoms with van der Waals surface area (Å²) in [5.74, 6) is 2.49. The van der Waals surface area contributed by atoms with Crippen molar-refractivity contribution in [2.75, 3.05) is 40.4 Å². The van der Waals surface area contributed by atoms with Crippen LogP contribution in [0, 0.1) is 12.7 Å². The average molecular weight is 491 g/mol. The molecule has 1 fully saturated rings. The Kier molecular flexibility index (Phi) is 8.92. The van der Waals surface area contributed by atoms with Gasteiger partial charge >= 0.3 is 0 Å². The Bertz CT molecular complexity index is 1230. The van der Waals surface area contributed by atoms with Gasteiger partial charge in [-0.05, 0) is 68.4 Å². The minimum Gasteiger partial charge on any atom is -0.497 e. The van der Waals surface area contributed by atoms with Gasteiger partial charge in [-0.15, -0.1) is 0 Å². The number of aryl methyl sites for hydroxylation is 1. The van der Waals surface area contributed by atoms with Gasteiger partial charge in [-0.2, -0.15) is 0 Å². The smallest absolute Gasteiger partial charge is 0.127 e. The number of fused-ring (bicyclic) bond motifs is 1. The molecule has 0 saturated carbocycles. The molecule has 0 aliphatic carbocycles. The van der Waals surface area contributed by atoms with Gasteiger partial charge in [0.1, 0.15) is 23.1 Å². The van der Waals surface area contributed by atoms with Crippen LogP contribution in [0.5, 0.6) is 11.5 Å². The molecule has 6 nitrogen and oxygen atoms in total. The van der Waals surface area contributed by atoms with E-state index in [9.17, 15) is 4.39 Å². The van der Waals surface area contributed by atoms with Crippen molar-refractivity contribution in [3.05, 3.63) is 89.5 Å². The van der Waals surface area contributed by atoms with Crippen LogP contribution in [0.3, 0.4) is 0 Å². The lowest BCUT2D eigenvalue weighted by molar-refractivity contribution is 0.242. The van der Waals surface area contributed by atoms with Crippen LogP contribution in [0.25, 0.3) is 11.0 Å². The SMILES string of the molecule is COc1ccc(F)c(CN2CCCN(Cc3nc4ccccc4[nH]3)CC2)c1.COc1ccccc1C. The van der Waals surface area contributed by atoms with E-state index in [1.165, 1.54) is 11.6 Å². The van der Waals surface area contributed by atoms with Crippen molar-refractivity contribution < 1.29 is 13.9 Å². The summed E-state index contributed by atoms with van der Waals surface area (Å²) in [5.41, 5.74) is 3.97. The molecule has 1 N–H and O–H groups in total. The quantitative estimate of drug-likeness (QED) is 0.391. The van der Waals surface area contributed by atoms with E-state index in [1.807, 2.05) is 49.4 Å². The van der Waals surface area contributed by atoms with Crippen molar-refractivity contribution in [3.63, 3.8) is 0 Å². The monoisotopic (exact) mass is 490 g/mol. The highest BCUT2D eigenvalue weighted by Crippen LogP contribution is 2.20. The van der Waals surface area contributed by atoms with Gasteiger partial charge in [-0.25, -0.2) is 9.37 Å². The van der Waals surface area contributed by atoms with Crippen molar-refractivity contribution in [2.45, 2.75) is 26.4 Å². The molecule has 1 aliphatic heterocycles. The Morgan fingerprint density at radius 3 is 2.28 bits per heavy atom. The standard InChI is InChI=1S/C21H25FN4O.C8H10O/c1-27-17-7-8-18(22)16(13-17)14-25-9-4-10-26(12-11-25)15-21-23-19-5-2-3-6-20(19)24-21;1-7-5-3-4-6-8(7)9-2/h2-3,5-8,13H,4,9-12,14-15H2,1H3,(H,23,24);3-6H,1-2H3. The molecule has 36 heavy (non-hydrogen) atoms. The first-order chi connectivity index (χ1) is 17.6. The maximum atomic E-state index is 14.1. The third kappa shape index (κ3) is 6.83. The number of methoxy groups -OCH3 is 2. The number of para-hydroxylation sites is 3. The fraction of sp³-hybridized carbons (Fsp3) is 0.345. The number of rotatable bonds is 6. The zero-order valence-electron chi connectivity index (χ0n) is 21.3. The first-order valence-electron chi connectivity index (χ1n) is 12.4. The predicted molar refractivity (Wildman–Crippen MR) is 142 cm³/mol. The number of nitrogens with zero attached hydrogens (tertiary/aromatic N) is 3. The van der Waals surface area contributed by atoms with Crippen LogP contribution in [0.1, 0.15) is 23.4 Å². The number of halogens is 1.